The van der Waals surface area contributed by atoms with Crippen molar-refractivity contribution in [3.05, 3.63) is 47.5 Å². The van der Waals surface area contributed by atoms with Crippen molar-refractivity contribution in [3.63, 3.8) is 0 Å². The summed E-state index contributed by atoms with van der Waals surface area (Å²) in [5.74, 6) is 0.584. The van der Waals surface area contributed by atoms with Gasteiger partial charge in [0.15, 0.2) is 11.6 Å². The molecule has 3 heterocycles. The Bertz CT molecular complexity index is 1100. The Morgan fingerprint density at radius 2 is 2.03 bits per heavy atom. The number of nitrogen functional groups attached to an aromatic ring is 1. The van der Waals surface area contributed by atoms with E-state index in [2.05, 4.69) is 20.4 Å². The largest absolute Gasteiger partial charge is 0.383 e. The van der Waals surface area contributed by atoms with Crippen molar-refractivity contribution in [1.29, 1.82) is 5.41 Å². The monoisotopic (exact) mass is 397 g/mol. The normalized spacial score (nSPS) is 23.4. The first-order chi connectivity index (χ1) is 14.0. The van der Waals surface area contributed by atoms with E-state index >= 15 is 0 Å². The van der Waals surface area contributed by atoms with E-state index in [0.717, 1.165) is 18.7 Å². The molecule has 0 saturated heterocycles. The Morgan fingerprint density at radius 3 is 2.76 bits per heavy atom. The molecule has 1 atom stereocenters. The molecule has 0 spiro atoms. The zero-order valence-electron chi connectivity index (χ0n) is 15.7. The second kappa shape index (κ2) is 6.75. The van der Waals surface area contributed by atoms with Gasteiger partial charge in [-0.05, 0) is 43.2 Å². The fraction of sp³-hybridized carbons (Fsp3) is 0.400. The average molecular weight is 397 g/mol. The highest BCUT2D eigenvalue weighted by molar-refractivity contribution is 6.11. The number of nitrogens with two attached hydrogens (primary N) is 1. The maximum Gasteiger partial charge on any atom is 0.200 e. The van der Waals surface area contributed by atoms with Gasteiger partial charge in [-0.15, -0.1) is 5.10 Å². The van der Waals surface area contributed by atoms with Crippen molar-refractivity contribution in [2.75, 3.05) is 11.1 Å². The highest BCUT2D eigenvalue weighted by atomic mass is 19.1. The molecule has 2 bridgehead atoms. The van der Waals surface area contributed by atoms with Gasteiger partial charge in [0, 0.05) is 17.8 Å². The zero-order chi connectivity index (χ0) is 20.1. The Kier molecular flexibility index (Phi) is 4.18. The highest BCUT2D eigenvalue weighted by Gasteiger charge is 2.36. The van der Waals surface area contributed by atoms with Crippen LogP contribution in [0.5, 0.6) is 0 Å². The molecule has 3 fully saturated rings. The first-order valence-corrected chi connectivity index (χ1v) is 9.81. The van der Waals surface area contributed by atoms with Crippen LogP contribution in [0.1, 0.15) is 43.5 Å². The van der Waals surface area contributed by atoms with E-state index < -0.39 is 11.6 Å². The molecule has 150 valence electrons. The highest BCUT2D eigenvalue weighted by Crippen LogP contribution is 2.42. The van der Waals surface area contributed by atoms with Crippen LogP contribution in [0.15, 0.2) is 24.5 Å². The molecule has 3 aliphatic rings. The number of hydrogen-bond donors (Lipinski definition) is 3. The molecule has 3 aromatic heterocycles. The number of nitrogens with one attached hydrogen (secondary N) is 2. The first kappa shape index (κ1) is 18.0. The summed E-state index contributed by atoms with van der Waals surface area (Å²) in [4.78, 5) is 8.20. The van der Waals surface area contributed by atoms with E-state index in [4.69, 9.17) is 11.1 Å². The summed E-state index contributed by atoms with van der Waals surface area (Å²) in [6.45, 7) is 0. The molecule has 0 aliphatic heterocycles. The molecule has 7 nitrogen and oxygen atoms in total. The maximum atomic E-state index is 14.4. The van der Waals surface area contributed by atoms with Gasteiger partial charge in [-0.25, -0.2) is 23.3 Å². The number of hydrogen-bond acceptors (Lipinski definition) is 6. The van der Waals surface area contributed by atoms with Gasteiger partial charge in [-0.2, -0.15) is 0 Å². The van der Waals surface area contributed by atoms with Gasteiger partial charge in [0.05, 0.1) is 6.20 Å². The summed E-state index contributed by atoms with van der Waals surface area (Å²) >= 11 is 0. The standard InChI is InChI=1S/C20H21F2N7/c21-12-8-13(18(24)25-9-12)16(23)19-27-20(17-14(22)5-6-29(17)28-19)26-15-7-10-1-3-11(15)4-2-10/h5-6,8-11,15,23H,1-4,7H2,(H2,24,25)(H,26,27,28). The van der Waals surface area contributed by atoms with Crippen LogP contribution in [0, 0.1) is 28.9 Å². The van der Waals surface area contributed by atoms with Crippen LogP contribution >= 0.6 is 0 Å². The van der Waals surface area contributed by atoms with Crippen molar-refractivity contribution in [2.24, 2.45) is 11.8 Å². The minimum absolute atomic E-state index is 0.0119. The summed E-state index contributed by atoms with van der Waals surface area (Å²) in [7, 11) is 0. The van der Waals surface area contributed by atoms with Crippen molar-refractivity contribution >= 4 is 22.9 Å². The topological polar surface area (TPSA) is 105 Å². The SMILES string of the molecule is N=C(c1nc(NC2CC3CCC2CC3)c2c(F)ccn2n1)c1cc(F)cnc1N. The number of fused-ring (bicyclic) bond motifs is 4. The van der Waals surface area contributed by atoms with Gasteiger partial charge >= 0.3 is 0 Å². The van der Waals surface area contributed by atoms with Crippen molar-refractivity contribution in [3.8, 4) is 0 Å². The first-order valence-electron chi connectivity index (χ1n) is 9.81. The summed E-state index contributed by atoms with van der Waals surface area (Å²) < 4.78 is 29.4. The van der Waals surface area contributed by atoms with E-state index in [1.807, 2.05) is 0 Å². The summed E-state index contributed by atoms with van der Waals surface area (Å²) in [6, 6.07) is 2.66. The molecular weight excluding hydrogens is 376 g/mol. The maximum absolute atomic E-state index is 14.4. The van der Waals surface area contributed by atoms with Gasteiger partial charge in [-0.3, -0.25) is 5.41 Å². The van der Waals surface area contributed by atoms with Crippen LogP contribution in [0.4, 0.5) is 20.4 Å². The average Bonchev–Trinajstić information content (AvgIpc) is 3.11. The quantitative estimate of drug-likeness (QED) is 0.585. The lowest BCUT2D eigenvalue weighted by atomic mass is 9.68. The van der Waals surface area contributed by atoms with Crippen LogP contribution in [0.25, 0.3) is 5.52 Å². The molecule has 6 rings (SSSR count). The third-order valence-electron chi connectivity index (χ3n) is 6.21. The van der Waals surface area contributed by atoms with Crippen molar-refractivity contribution < 1.29 is 8.78 Å². The Labute approximate surface area is 165 Å². The molecule has 1 unspecified atom stereocenters. The zero-order valence-corrected chi connectivity index (χ0v) is 15.7. The molecule has 0 radical (unpaired) electrons. The van der Waals surface area contributed by atoms with Gasteiger partial charge < -0.3 is 11.1 Å². The van der Waals surface area contributed by atoms with E-state index in [9.17, 15) is 8.78 Å². The predicted octanol–water partition coefficient (Wildman–Crippen LogP) is 3.39. The Balaban J connectivity index is 1.56. The van der Waals surface area contributed by atoms with Gasteiger partial charge in [-0.1, -0.05) is 12.8 Å². The lowest BCUT2D eigenvalue weighted by molar-refractivity contribution is 0.157. The van der Waals surface area contributed by atoms with Crippen LogP contribution in [-0.2, 0) is 0 Å². The number of pyridine rings is 1. The van der Waals surface area contributed by atoms with Crippen molar-refractivity contribution in [1.82, 2.24) is 19.6 Å². The molecule has 4 N–H and O–H groups in total. The number of halogens is 2. The third-order valence-corrected chi connectivity index (χ3v) is 6.21. The van der Waals surface area contributed by atoms with Gasteiger partial charge in [0.1, 0.15) is 22.9 Å². The fourth-order valence-electron chi connectivity index (χ4n) is 4.69. The molecule has 3 aromatic rings. The van der Waals surface area contributed by atoms with E-state index in [1.54, 1.807) is 0 Å². The molecule has 29 heavy (non-hydrogen) atoms. The van der Waals surface area contributed by atoms with Crippen LogP contribution < -0.4 is 11.1 Å². The molecular formula is C20H21F2N7. The summed E-state index contributed by atoms with van der Waals surface area (Å²) in [5.41, 5.74) is 5.99. The van der Waals surface area contributed by atoms with E-state index in [-0.39, 0.29) is 34.5 Å². The number of rotatable bonds is 4. The Morgan fingerprint density at radius 1 is 1.24 bits per heavy atom. The molecule has 9 heteroatoms. The third kappa shape index (κ3) is 3.10. The van der Waals surface area contributed by atoms with E-state index in [0.29, 0.717) is 17.7 Å². The summed E-state index contributed by atoms with van der Waals surface area (Å²) in [6.07, 6.45) is 8.35. The van der Waals surface area contributed by atoms with Crippen LogP contribution in [0.2, 0.25) is 0 Å². The van der Waals surface area contributed by atoms with Gasteiger partial charge in [0.25, 0.3) is 0 Å². The predicted molar refractivity (Wildman–Crippen MR) is 105 cm³/mol. The number of nitrogens with zero attached hydrogens (tertiary/aromatic N) is 4. The van der Waals surface area contributed by atoms with Crippen LogP contribution in [0.3, 0.4) is 0 Å². The number of anilines is 2. The van der Waals surface area contributed by atoms with Gasteiger partial charge in [0.2, 0.25) is 5.82 Å². The van der Waals surface area contributed by atoms with E-state index in [1.165, 1.54) is 42.5 Å². The van der Waals surface area contributed by atoms with Crippen molar-refractivity contribution in [2.45, 2.75) is 38.1 Å². The molecule has 3 saturated carbocycles. The molecule has 0 aromatic carbocycles. The Hall–Kier alpha value is -3.10. The second-order valence-electron chi connectivity index (χ2n) is 7.97. The lowest BCUT2D eigenvalue weighted by Gasteiger charge is -2.42. The smallest absolute Gasteiger partial charge is 0.200 e. The number of aromatic nitrogens is 4. The summed E-state index contributed by atoms with van der Waals surface area (Å²) in [5, 5.41) is 16.1. The fourth-order valence-corrected chi connectivity index (χ4v) is 4.69. The minimum Gasteiger partial charge on any atom is -0.383 e. The molecule has 3 aliphatic carbocycles. The van der Waals surface area contributed by atoms with Crippen LogP contribution in [-0.4, -0.2) is 31.3 Å². The lowest BCUT2D eigenvalue weighted by Crippen LogP contribution is -2.40. The second-order valence-corrected chi connectivity index (χ2v) is 7.97. The molecule has 0 amide bonds. The minimum atomic E-state index is -0.608.